The second-order valence-electron chi connectivity index (χ2n) is 3.76. The number of benzene rings is 2. The van der Waals surface area contributed by atoms with Crippen molar-refractivity contribution in [2.75, 3.05) is 5.73 Å². The summed E-state index contributed by atoms with van der Waals surface area (Å²) in [6, 6.07) is 13.5. The highest BCUT2D eigenvalue weighted by Crippen LogP contribution is 2.31. The van der Waals surface area contributed by atoms with Gasteiger partial charge in [0.2, 0.25) is 0 Å². The maximum atomic E-state index is 5.70. The van der Waals surface area contributed by atoms with Crippen molar-refractivity contribution in [2.45, 2.75) is 10.1 Å². The molecule has 3 nitrogen and oxygen atoms in total. The first-order chi connectivity index (χ1) is 8.70. The van der Waals surface area contributed by atoms with E-state index < -0.39 is 0 Å². The number of rotatable bonds is 2. The largest absolute Gasteiger partial charge is 0.431 e. The number of hydrogen-bond acceptors (Lipinski definition) is 4. The minimum Gasteiger partial charge on any atom is -0.431 e. The van der Waals surface area contributed by atoms with E-state index in [1.165, 1.54) is 11.8 Å². The minimum atomic E-state index is 0.623. The summed E-state index contributed by atoms with van der Waals surface area (Å²) >= 11 is 4.89. The number of nitrogen functional groups attached to an aromatic ring is 1. The molecule has 3 rings (SSSR count). The number of anilines is 1. The van der Waals surface area contributed by atoms with Gasteiger partial charge in [0, 0.05) is 21.1 Å². The number of halogens is 1. The Morgan fingerprint density at radius 1 is 1.11 bits per heavy atom. The summed E-state index contributed by atoms with van der Waals surface area (Å²) in [5.74, 6) is 0. The fourth-order valence-electron chi connectivity index (χ4n) is 1.57. The summed E-state index contributed by atoms with van der Waals surface area (Å²) in [5.41, 5.74) is 7.92. The molecule has 1 aromatic heterocycles. The van der Waals surface area contributed by atoms with E-state index in [-0.39, 0.29) is 0 Å². The number of fused-ring (bicyclic) bond motifs is 1. The molecule has 0 saturated carbocycles. The van der Waals surface area contributed by atoms with E-state index in [9.17, 15) is 0 Å². The van der Waals surface area contributed by atoms with Gasteiger partial charge >= 0.3 is 0 Å². The standard InChI is InChI=1S/C13H9BrN2OS/c14-8-1-4-10(5-2-8)18-13-16-11-6-3-9(15)7-12(11)17-13/h1-7H,15H2. The topological polar surface area (TPSA) is 52.0 Å². The van der Waals surface area contributed by atoms with E-state index in [2.05, 4.69) is 20.9 Å². The quantitative estimate of drug-likeness (QED) is 0.714. The first-order valence-electron chi connectivity index (χ1n) is 5.30. The Kier molecular flexibility index (Phi) is 3.01. The van der Waals surface area contributed by atoms with Gasteiger partial charge in [-0.05, 0) is 48.2 Å². The predicted octanol–water partition coefficient (Wildman–Crippen LogP) is 4.32. The third kappa shape index (κ3) is 2.37. The van der Waals surface area contributed by atoms with Crippen molar-refractivity contribution in [3.05, 3.63) is 46.9 Å². The smallest absolute Gasteiger partial charge is 0.261 e. The monoisotopic (exact) mass is 320 g/mol. The predicted molar refractivity (Wildman–Crippen MR) is 76.7 cm³/mol. The van der Waals surface area contributed by atoms with Crippen LogP contribution in [-0.2, 0) is 0 Å². The molecule has 0 amide bonds. The van der Waals surface area contributed by atoms with Crippen LogP contribution in [0, 0.1) is 0 Å². The molecule has 0 spiro atoms. The maximum Gasteiger partial charge on any atom is 0.261 e. The van der Waals surface area contributed by atoms with Crippen LogP contribution in [0.15, 0.2) is 61.5 Å². The van der Waals surface area contributed by atoms with Gasteiger partial charge in [-0.1, -0.05) is 15.9 Å². The summed E-state index contributed by atoms with van der Waals surface area (Å²) in [7, 11) is 0. The summed E-state index contributed by atoms with van der Waals surface area (Å²) < 4.78 is 6.70. The minimum absolute atomic E-state index is 0.623. The molecule has 0 aliphatic carbocycles. The zero-order valence-corrected chi connectivity index (χ0v) is 11.7. The van der Waals surface area contributed by atoms with Crippen molar-refractivity contribution in [3.63, 3.8) is 0 Å². The third-order valence-electron chi connectivity index (χ3n) is 2.41. The second-order valence-corrected chi connectivity index (χ2v) is 5.70. The molecule has 0 saturated heterocycles. The van der Waals surface area contributed by atoms with Gasteiger partial charge in [-0.3, -0.25) is 0 Å². The van der Waals surface area contributed by atoms with Crippen LogP contribution in [0.25, 0.3) is 11.1 Å². The van der Waals surface area contributed by atoms with Crippen molar-refractivity contribution in [3.8, 4) is 0 Å². The first-order valence-corrected chi connectivity index (χ1v) is 6.91. The Labute approximate surface area is 117 Å². The molecule has 1 heterocycles. The molecule has 2 N–H and O–H groups in total. The molecule has 3 aromatic rings. The van der Waals surface area contributed by atoms with Crippen LogP contribution in [0.5, 0.6) is 0 Å². The lowest BCUT2D eigenvalue weighted by molar-refractivity contribution is 0.489. The van der Waals surface area contributed by atoms with Crippen molar-refractivity contribution < 1.29 is 4.42 Å². The molecule has 0 bridgehead atoms. The van der Waals surface area contributed by atoms with E-state index in [0.717, 1.165) is 20.5 Å². The Morgan fingerprint density at radius 3 is 2.67 bits per heavy atom. The van der Waals surface area contributed by atoms with Gasteiger partial charge in [0.1, 0.15) is 5.52 Å². The third-order valence-corrected chi connectivity index (χ3v) is 3.80. The van der Waals surface area contributed by atoms with E-state index in [1.807, 2.05) is 36.4 Å². The van der Waals surface area contributed by atoms with Crippen LogP contribution in [0.1, 0.15) is 0 Å². The highest BCUT2D eigenvalue weighted by Gasteiger charge is 2.07. The van der Waals surface area contributed by atoms with Crippen molar-refractivity contribution in [2.24, 2.45) is 0 Å². The number of hydrogen-bond donors (Lipinski definition) is 1. The molecule has 90 valence electrons. The van der Waals surface area contributed by atoms with E-state index in [4.69, 9.17) is 10.2 Å². The first kappa shape index (κ1) is 11.6. The molecule has 0 radical (unpaired) electrons. The van der Waals surface area contributed by atoms with Gasteiger partial charge in [-0.25, -0.2) is 4.98 Å². The zero-order valence-electron chi connectivity index (χ0n) is 9.26. The van der Waals surface area contributed by atoms with Gasteiger partial charge in [0.15, 0.2) is 5.58 Å². The average molecular weight is 321 g/mol. The average Bonchev–Trinajstić information content (AvgIpc) is 2.73. The summed E-state index contributed by atoms with van der Waals surface area (Å²) in [4.78, 5) is 5.48. The number of nitrogens with zero attached hydrogens (tertiary/aromatic N) is 1. The molecule has 0 aliphatic heterocycles. The van der Waals surface area contributed by atoms with Gasteiger partial charge < -0.3 is 10.2 Å². The Bertz CT molecular complexity index is 694. The number of nitrogens with two attached hydrogens (primary N) is 1. The van der Waals surface area contributed by atoms with E-state index in [0.29, 0.717) is 10.9 Å². The molecular weight excluding hydrogens is 312 g/mol. The lowest BCUT2D eigenvalue weighted by Gasteiger charge is -1.96. The Balaban J connectivity index is 1.92. The number of aromatic nitrogens is 1. The summed E-state index contributed by atoms with van der Waals surface area (Å²) in [5, 5.41) is 0.623. The molecule has 0 fully saturated rings. The zero-order chi connectivity index (χ0) is 12.5. The van der Waals surface area contributed by atoms with Crippen LogP contribution in [-0.4, -0.2) is 4.98 Å². The Hall–Kier alpha value is -1.46. The van der Waals surface area contributed by atoms with E-state index >= 15 is 0 Å². The van der Waals surface area contributed by atoms with Gasteiger partial charge in [-0.15, -0.1) is 0 Å². The molecular formula is C13H9BrN2OS. The molecule has 5 heteroatoms. The van der Waals surface area contributed by atoms with Crippen LogP contribution in [0.4, 0.5) is 5.69 Å². The Morgan fingerprint density at radius 2 is 1.89 bits per heavy atom. The van der Waals surface area contributed by atoms with Gasteiger partial charge in [0.05, 0.1) is 0 Å². The molecule has 18 heavy (non-hydrogen) atoms. The van der Waals surface area contributed by atoms with Crippen LogP contribution < -0.4 is 5.73 Å². The lowest BCUT2D eigenvalue weighted by atomic mass is 10.3. The summed E-state index contributed by atoms with van der Waals surface area (Å²) in [6.45, 7) is 0. The second kappa shape index (κ2) is 4.66. The molecule has 0 atom stereocenters. The summed E-state index contributed by atoms with van der Waals surface area (Å²) in [6.07, 6.45) is 0. The van der Waals surface area contributed by atoms with Crippen LogP contribution in [0.3, 0.4) is 0 Å². The number of oxazole rings is 1. The van der Waals surface area contributed by atoms with Crippen molar-refractivity contribution in [1.82, 2.24) is 4.98 Å². The lowest BCUT2D eigenvalue weighted by Crippen LogP contribution is -1.81. The van der Waals surface area contributed by atoms with Gasteiger partial charge in [-0.2, -0.15) is 0 Å². The van der Waals surface area contributed by atoms with Crippen LogP contribution >= 0.6 is 27.7 Å². The normalized spacial score (nSPS) is 10.9. The fraction of sp³-hybridized carbons (Fsp3) is 0. The SMILES string of the molecule is Nc1ccc2nc(Sc3ccc(Br)cc3)oc2c1. The highest BCUT2D eigenvalue weighted by molar-refractivity contribution is 9.10. The van der Waals surface area contributed by atoms with Crippen LogP contribution in [0.2, 0.25) is 0 Å². The molecule has 2 aromatic carbocycles. The van der Waals surface area contributed by atoms with Crippen molar-refractivity contribution in [1.29, 1.82) is 0 Å². The fourth-order valence-corrected chi connectivity index (χ4v) is 2.58. The van der Waals surface area contributed by atoms with Gasteiger partial charge in [0.25, 0.3) is 5.22 Å². The maximum absolute atomic E-state index is 5.70. The molecule has 0 aliphatic rings. The van der Waals surface area contributed by atoms with Crippen molar-refractivity contribution >= 4 is 44.5 Å². The van der Waals surface area contributed by atoms with E-state index in [1.54, 1.807) is 6.07 Å². The molecule has 0 unspecified atom stereocenters. The highest BCUT2D eigenvalue weighted by atomic mass is 79.9.